The first-order chi connectivity index (χ1) is 3.34. The van der Waals surface area contributed by atoms with Crippen molar-refractivity contribution in [3.05, 3.63) is 0 Å². The Balaban J connectivity index is 2.16. The third-order valence-corrected chi connectivity index (χ3v) is 2.23. The van der Waals surface area contributed by atoms with Gasteiger partial charge in [-0.2, -0.15) is 0 Å². The summed E-state index contributed by atoms with van der Waals surface area (Å²) in [6.07, 6.45) is 0.570. The van der Waals surface area contributed by atoms with Crippen molar-refractivity contribution in [2.75, 3.05) is 11.0 Å². The van der Waals surface area contributed by atoms with Crippen molar-refractivity contribution >= 4 is 22.6 Å². The van der Waals surface area contributed by atoms with Crippen LogP contribution in [0.1, 0.15) is 6.92 Å². The molecule has 0 N–H and O–H groups in total. The largest absolute Gasteiger partial charge is 0.377 e. The highest BCUT2D eigenvalue weighted by atomic mass is 127. The zero-order valence-electron chi connectivity index (χ0n) is 4.36. The summed E-state index contributed by atoms with van der Waals surface area (Å²) >= 11 is 2.35. The van der Waals surface area contributed by atoms with Gasteiger partial charge in [0.1, 0.15) is 0 Å². The van der Waals surface area contributed by atoms with Crippen molar-refractivity contribution in [3.63, 3.8) is 0 Å². The number of hydrogen-bond acceptors (Lipinski definition) is 1. The highest BCUT2D eigenvalue weighted by Gasteiger charge is 2.25. The van der Waals surface area contributed by atoms with Crippen molar-refractivity contribution in [1.82, 2.24) is 0 Å². The molecule has 1 nitrogen and oxygen atoms in total. The summed E-state index contributed by atoms with van der Waals surface area (Å²) < 4.78 is 6.34. The summed E-state index contributed by atoms with van der Waals surface area (Å²) in [6, 6.07) is 0. The highest BCUT2D eigenvalue weighted by molar-refractivity contribution is 14.1. The molecule has 0 aromatic heterocycles. The quantitative estimate of drug-likeness (QED) is 0.472. The lowest BCUT2D eigenvalue weighted by Crippen LogP contribution is -2.38. The van der Waals surface area contributed by atoms with Crippen LogP contribution in [0.5, 0.6) is 0 Å². The van der Waals surface area contributed by atoms with Crippen LogP contribution in [0.4, 0.5) is 0 Å². The van der Waals surface area contributed by atoms with Gasteiger partial charge in [0, 0.05) is 10.3 Å². The molecule has 1 rings (SSSR count). The van der Waals surface area contributed by atoms with Gasteiger partial charge in [0.15, 0.2) is 0 Å². The first-order valence-corrected chi connectivity index (χ1v) is 4.04. The Morgan fingerprint density at radius 2 is 2.57 bits per heavy atom. The Hall–Kier alpha value is 0.690. The summed E-state index contributed by atoms with van der Waals surface area (Å²) in [5, 5.41) is 0. The molecule has 1 aliphatic heterocycles. The van der Waals surface area contributed by atoms with E-state index in [4.69, 9.17) is 4.74 Å². The summed E-state index contributed by atoms with van der Waals surface area (Å²) in [5.41, 5.74) is 0. The molecule has 0 aromatic carbocycles. The van der Waals surface area contributed by atoms with Crippen LogP contribution in [-0.2, 0) is 4.74 Å². The maximum absolute atomic E-state index is 5.18. The van der Waals surface area contributed by atoms with E-state index >= 15 is 0 Å². The lowest BCUT2D eigenvalue weighted by Gasteiger charge is -2.32. The van der Waals surface area contributed by atoms with E-state index < -0.39 is 0 Å². The van der Waals surface area contributed by atoms with Gasteiger partial charge in [-0.3, -0.25) is 0 Å². The van der Waals surface area contributed by atoms with Gasteiger partial charge in [-0.1, -0.05) is 29.5 Å². The first-order valence-electron chi connectivity index (χ1n) is 2.52. The van der Waals surface area contributed by atoms with Gasteiger partial charge in [-0.25, -0.2) is 0 Å². The van der Waals surface area contributed by atoms with Gasteiger partial charge < -0.3 is 4.74 Å². The zero-order chi connectivity index (χ0) is 5.28. The Morgan fingerprint density at radius 1 is 1.86 bits per heavy atom. The minimum atomic E-state index is 0.570. The molecule has 7 heavy (non-hydrogen) atoms. The lowest BCUT2D eigenvalue weighted by atomic mass is 10.0. The second-order valence-electron chi connectivity index (χ2n) is 2.00. The number of ether oxygens (including phenoxy) is 1. The average molecular weight is 212 g/mol. The van der Waals surface area contributed by atoms with Crippen molar-refractivity contribution in [1.29, 1.82) is 0 Å². The van der Waals surface area contributed by atoms with Gasteiger partial charge in [0.05, 0.1) is 12.7 Å². The van der Waals surface area contributed by atoms with E-state index in [1.54, 1.807) is 0 Å². The molecular weight excluding hydrogens is 203 g/mol. The van der Waals surface area contributed by atoms with E-state index in [1.807, 2.05) is 0 Å². The van der Waals surface area contributed by atoms with E-state index in [0.29, 0.717) is 6.10 Å². The van der Waals surface area contributed by atoms with Crippen LogP contribution in [0.25, 0.3) is 0 Å². The van der Waals surface area contributed by atoms with E-state index in [-0.39, 0.29) is 0 Å². The van der Waals surface area contributed by atoms with Crippen molar-refractivity contribution < 1.29 is 4.74 Å². The maximum Gasteiger partial charge on any atom is 0.0712 e. The maximum atomic E-state index is 5.18. The number of hydrogen-bond donors (Lipinski definition) is 0. The molecule has 0 aliphatic carbocycles. The molecule has 0 spiro atoms. The molecule has 0 bridgehead atoms. The van der Waals surface area contributed by atoms with Crippen LogP contribution in [0.3, 0.4) is 0 Å². The third kappa shape index (κ3) is 1.08. The Bertz CT molecular complexity index is 63.1. The molecule has 1 saturated heterocycles. The van der Waals surface area contributed by atoms with Gasteiger partial charge in [-0.05, 0) is 0 Å². The molecule has 0 amide bonds. The molecule has 0 radical (unpaired) electrons. The Labute approximate surface area is 57.6 Å². The zero-order valence-corrected chi connectivity index (χ0v) is 6.51. The molecule has 0 aromatic rings. The number of halogens is 1. The summed E-state index contributed by atoms with van der Waals surface area (Å²) in [7, 11) is 0. The second-order valence-corrected chi connectivity index (χ2v) is 2.88. The molecule has 1 heterocycles. The predicted molar refractivity (Wildman–Crippen MR) is 37.8 cm³/mol. The van der Waals surface area contributed by atoms with Crippen LogP contribution in [0.2, 0.25) is 0 Å². The molecule has 0 saturated carbocycles. The fourth-order valence-electron chi connectivity index (χ4n) is 0.621. The topological polar surface area (TPSA) is 9.23 Å². The normalized spacial score (nSPS) is 40.3. The Kier molecular flexibility index (Phi) is 1.92. The van der Waals surface area contributed by atoms with E-state index in [2.05, 4.69) is 29.5 Å². The fraction of sp³-hybridized carbons (Fsp3) is 1.00. The standard InChI is InChI=1S/C5H9IO/c1-4-3-7-5(4)2-6/h4-5H,2-3H2,1H3/t4-,5+/m0/s1. The minimum Gasteiger partial charge on any atom is -0.377 e. The minimum absolute atomic E-state index is 0.570. The number of alkyl halides is 1. The Morgan fingerprint density at radius 3 is 2.57 bits per heavy atom. The second kappa shape index (κ2) is 2.31. The van der Waals surface area contributed by atoms with Gasteiger partial charge in [-0.15, -0.1) is 0 Å². The van der Waals surface area contributed by atoms with Crippen LogP contribution in [-0.4, -0.2) is 17.1 Å². The van der Waals surface area contributed by atoms with Crippen LogP contribution in [0.15, 0.2) is 0 Å². The van der Waals surface area contributed by atoms with Gasteiger partial charge >= 0.3 is 0 Å². The summed E-state index contributed by atoms with van der Waals surface area (Å²) in [4.78, 5) is 0. The molecule has 2 atom stereocenters. The van der Waals surface area contributed by atoms with E-state index in [9.17, 15) is 0 Å². The lowest BCUT2D eigenvalue weighted by molar-refractivity contribution is -0.0890. The van der Waals surface area contributed by atoms with Crippen LogP contribution in [0, 0.1) is 5.92 Å². The average Bonchev–Trinajstić information content (AvgIpc) is 1.65. The van der Waals surface area contributed by atoms with Crippen molar-refractivity contribution in [3.8, 4) is 0 Å². The SMILES string of the molecule is C[C@H]1CO[C@@H]1CI. The summed E-state index contributed by atoms with van der Waals surface area (Å²) in [5.74, 6) is 0.817. The van der Waals surface area contributed by atoms with Gasteiger partial charge in [0.2, 0.25) is 0 Å². The smallest absolute Gasteiger partial charge is 0.0712 e. The monoisotopic (exact) mass is 212 g/mol. The third-order valence-electron chi connectivity index (χ3n) is 1.36. The predicted octanol–water partition coefficient (Wildman–Crippen LogP) is 1.46. The van der Waals surface area contributed by atoms with Crippen molar-refractivity contribution in [2.45, 2.75) is 13.0 Å². The van der Waals surface area contributed by atoms with E-state index in [1.165, 1.54) is 0 Å². The molecular formula is C5H9IO. The molecule has 1 aliphatic rings. The van der Waals surface area contributed by atoms with Crippen LogP contribution < -0.4 is 0 Å². The van der Waals surface area contributed by atoms with E-state index in [0.717, 1.165) is 17.0 Å². The molecule has 0 unspecified atom stereocenters. The number of rotatable bonds is 1. The summed E-state index contributed by atoms with van der Waals surface area (Å²) in [6.45, 7) is 3.21. The van der Waals surface area contributed by atoms with Crippen molar-refractivity contribution in [2.24, 2.45) is 5.92 Å². The highest BCUT2D eigenvalue weighted by Crippen LogP contribution is 2.20. The molecule has 1 fully saturated rings. The fourth-order valence-corrected chi connectivity index (χ4v) is 1.74. The van der Waals surface area contributed by atoms with Gasteiger partial charge in [0.25, 0.3) is 0 Å². The first kappa shape index (κ1) is 5.82. The van der Waals surface area contributed by atoms with Crippen LogP contribution >= 0.6 is 22.6 Å². The molecule has 42 valence electrons. The molecule has 2 heteroatoms.